The van der Waals surface area contributed by atoms with Gasteiger partial charge in [0, 0.05) is 25.4 Å². The molecule has 7 nitrogen and oxygen atoms in total. The fourth-order valence-electron chi connectivity index (χ4n) is 4.06. The minimum absolute atomic E-state index is 0.0260. The minimum atomic E-state index is -1.08. The van der Waals surface area contributed by atoms with Crippen LogP contribution in [-0.2, 0) is 14.3 Å². The first-order valence-electron chi connectivity index (χ1n) is 11.1. The van der Waals surface area contributed by atoms with Crippen LogP contribution >= 0.6 is 0 Å². The van der Waals surface area contributed by atoms with Gasteiger partial charge in [0.05, 0.1) is 0 Å². The molecule has 7 heteroatoms. The minimum Gasteiger partial charge on any atom is -0.480 e. The summed E-state index contributed by atoms with van der Waals surface area (Å²) >= 11 is 0. The number of carboxylic acids is 1. The highest BCUT2D eigenvalue weighted by molar-refractivity contribution is 5.84. The van der Waals surface area contributed by atoms with E-state index in [4.69, 9.17) is 4.74 Å². The van der Waals surface area contributed by atoms with Crippen LogP contribution in [0.5, 0.6) is 0 Å². The molecule has 2 aromatic carbocycles. The molecule has 1 unspecified atom stereocenters. The number of likely N-dealkylation sites (N-methyl/N-ethyl adjacent to an activating group) is 1. The van der Waals surface area contributed by atoms with Crippen molar-refractivity contribution in [2.45, 2.75) is 52.1 Å². The number of benzene rings is 2. The van der Waals surface area contributed by atoms with Gasteiger partial charge in [0.15, 0.2) is 0 Å². The number of nitrogens with zero attached hydrogens (tertiary/aromatic N) is 1. The molecule has 0 saturated carbocycles. The fraction of sp³-hybridized carbons (Fsp3) is 0.423. The van der Waals surface area contributed by atoms with Gasteiger partial charge >= 0.3 is 12.1 Å². The first-order valence-corrected chi connectivity index (χ1v) is 11.1. The lowest BCUT2D eigenvalue weighted by molar-refractivity contribution is -0.148. The van der Waals surface area contributed by atoms with Gasteiger partial charge in [-0.2, -0.15) is 0 Å². The number of amides is 2. The number of carboxylic acid groups (broad SMARTS) is 1. The summed E-state index contributed by atoms with van der Waals surface area (Å²) in [6, 6.07) is 14.7. The molecule has 0 aromatic heterocycles. The SMILES string of the molecule is C[C@@H](C(=O)O)N(C)C(=O)CC(NC(=O)OCC1c2ccccc2-c2ccccc21)C(C)(C)C. The average molecular weight is 453 g/mol. The Balaban J connectivity index is 1.67. The third-order valence-electron chi connectivity index (χ3n) is 6.39. The van der Waals surface area contributed by atoms with Crippen molar-refractivity contribution in [1.82, 2.24) is 10.2 Å². The molecule has 0 radical (unpaired) electrons. The summed E-state index contributed by atoms with van der Waals surface area (Å²) in [4.78, 5) is 37.8. The van der Waals surface area contributed by atoms with Gasteiger partial charge in [0.2, 0.25) is 5.91 Å². The van der Waals surface area contributed by atoms with E-state index in [-0.39, 0.29) is 24.9 Å². The summed E-state index contributed by atoms with van der Waals surface area (Å²) in [7, 11) is 1.45. The molecule has 0 aliphatic heterocycles. The largest absolute Gasteiger partial charge is 0.480 e. The predicted molar refractivity (Wildman–Crippen MR) is 126 cm³/mol. The Hall–Kier alpha value is -3.35. The van der Waals surface area contributed by atoms with Crippen molar-refractivity contribution in [3.63, 3.8) is 0 Å². The second kappa shape index (κ2) is 9.65. The summed E-state index contributed by atoms with van der Waals surface area (Å²) in [6.07, 6.45) is -0.625. The molecule has 2 aromatic rings. The molecule has 1 aliphatic rings. The Morgan fingerprint density at radius 2 is 1.55 bits per heavy atom. The van der Waals surface area contributed by atoms with Gasteiger partial charge in [-0.3, -0.25) is 4.79 Å². The Labute approximate surface area is 194 Å². The fourth-order valence-corrected chi connectivity index (χ4v) is 4.06. The number of alkyl carbamates (subject to hydrolysis) is 1. The predicted octanol–water partition coefficient (Wildman–Crippen LogP) is 4.26. The van der Waals surface area contributed by atoms with Crippen molar-refractivity contribution in [3.05, 3.63) is 59.7 Å². The Kier molecular flexibility index (Phi) is 7.10. The maximum absolute atomic E-state index is 12.7. The number of hydrogen-bond donors (Lipinski definition) is 2. The second-order valence-corrected chi connectivity index (χ2v) is 9.61. The highest BCUT2D eigenvalue weighted by atomic mass is 16.5. The normalized spacial score (nSPS) is 14.6. The zero-order valence-corrected chi connectivity index (χ0v) is 19.8. The smallest absolute Gasteiger partial charge is 0.407 e. The van der Waals surface area contributed by atoms with Crippen LogP contribution in [-0.4, -0.2) is 53.7 Å². The summed E-state index contributed by atoms with van der Waals surface area (Å²) < 4.78 is 5.62. The van der Waals surface area contributed by atoms with Gasteiger partial charge in [-0.05, 0) is 34.6 Å². The van der Waals surface area contributed by atoms with Gasteiger partial charge in [-0.25, -0.2) is 9.59 Å². The number of carbonyl (C=O) groups is 3. The van der Waals surface area contributed by atoms with Crippen molar-refractivity contribution in [1.29, 1.82) is 0 Å². The molecule has 0 fully saturated rings. The number of aliphatic carboxylic acids is 1. The topological polar surface area (TPSA) is 95.9 Å². The molecule has 2 atom stereocenters. The molecule has 3 rings (SSSR count). The maximum Gasteiger partial charge on any atom is 0.407 e. The Morgan fingerprint density at radius 3 is 2.03 bits per heavy atom. The number of rotatable bonds is 7. The lowest BCUT2D eigenvalue weighted by Crippen LogP contribution is -2.49. The van der Waals surface area contributed by atoms with Crippen molar-refractivity contribution >= 4 is 18.0 Å². The van der Waals surface area contributed by atoms with E-state index in [9.17, 15) is 19.5 Å². The van der Waals surface area contributed by atoms with Crippen LogP contribution in [0.1, 0.15) is 51.2 Å². The number of carbonyl (C=O) groups excluding carboxylic acids is 2. The van der Waals surface area contributed by atoms with Crippen LogP contribution in [0.2, 0.25) is 0 Å². The molecular weight excluding hydrogens is 420 g/mol. The quantitative estimate of drug-likeness (QED) is 0.654. The van der Waals surface area contributed by atoms with E-state index in [0.717, 1.165) is 22.3 Å². The van der Waals surface area contributed by atoms with Crippen molar-refractivity contribution in [2.24, 2.45) is 5.41 Å². The van der Waals surface area contributed by atoms with Crippen LogP contribution in [0.3, 0.4) is 0 Å². The summed E-state index contributed by atoms with van der Waals surface area (Å²) in [5, 5.41) is 12.0. The lowest BCUT2D eigenvalue weighted by atomic mass is 9.84. The molecule has 176 valence electrons. The highest BCUT2D eigenvalue weighted by Gasteiger charge is 2.33. The van der Waals surface area contributed by atoms with Crippen LogP contribution in [0.25, 0.3) is 11.1 Å². The molecule has 33 heavy (non-hydrogen) atoms. The van der Waals surface area contributed by atoms with E-state index in [1.165, 1.54) is 18.9 Å². The van der Waals surface area contributed by atoms with Crippen LogP contribution in [0.15, 0.2) is 48.5 Å². The van der Waals surface area contributed by atoms with E-state index in [0.29, 0.717) is 0 Å². The van der Waals surface area contributed by atoms with Crippen molar-refractivity contribution in [3.8, 4) is 11.1 Å². The molecule has 1 aliphatic carbocycles. The van der Waals surface area contributed by atoms with Gasteiger partial charge < -0.3 is 20.1 Å². The van der Waals surface area contributed by atoms with Gasteiger partial charge in [0.1, 0.15) is 12.6 Å². The second-order valence-electron chi connectivity index (χ2n) is 9.61. The Bertz CT molecular complexity index is 997. The monoisotopic (exact) mass is 452 g/mol. The lowest BCUT2D eigenvalue weighted by Gasteiger charge is -2.32. The maximum atomic E-state index is 12.7. The number of fused-ring (bicyclic) bond motifs is 3. The average Bonchev–Trinajstić information content (AvgIpc) is 3.09. The van der Waals surface area contributed by atoms with E-state index < -0.39 is 29.6 Å². The third-order valence-corrected chi connectivity index (χ3v) is 6.39. The van der Waals surface area contributed by atoms with Gasteiger partial charge in [-0.1, -0.05) is 69.3 Å². The number of nitrogens with one attached hydrogen (secondary N) is 1. The highest BCUT2D eigenvalue weighted by Crippen LogP contribution is 2.44. The van der Waals surface area contributed by atoms with Crippen LogP contribution in [0.4, 0.5) is 4.79 Å². The van der Waals surface area contributed by atoms with Crippen molar-refractivity contribution < 1.29 is 24.2 Å². The van der Waals surface area contributed by atoms with Crippen LogP contribution < -0.4 is 5.32 Å². The summed E-state index contributed by atoms with van der Waals surface area (Å²) in [6.45, 7) is 7.37. The van der Waals surface area contributed by atoms with E-state index in [1.54, 1.807) is 0 Å². The standard InChI is InChI=1S/C26H32N2O5/c1-16(24(30)31)28(5)23(29)14-22(26(2,3)4)27-25(32)33-15-21-19-12-8-6-10-17(19)18-11-7-9-13-20(18)21/h6-13,16,21-22H,14-15H2,1-5H3,(H,27,32)(H,30,31)/t16-,22?/m0/s1. The van der Waals surface area contributed by atoms with Crippen molar-refractivity contribution in [2.75, 3.05) is 13.7 Å². The summed E-state index contributed by atoms with van der Waals surface area (Å²) in [5.41, 5.74) is 4.11. The third kappa shape index (κ3) is 5.35. The molecule has 2 N–H and O–H groups in total. The summed E-state index contributed by atoms with van der Waals surface area (Å²) in [5.74, 6) is -1.49. The molecule has 0 bridgehead atoms. The van der Waals surface area contributed by atoms with Crippen LogP contribution in [0, 0.1) is 5.41 Å². The van der Waals surface area contributed by atoms with E-state index in [1.807, 2.05) is 45.0 Å². The molecule has 0 spiro atoms. The first-order chi connectivity index (χ1) is 15.5. The Morgan fingerprint density at radius 1 is 1.03 bits per heavy atom. The van der Waals surface area contributed by atoms with E-state index in [2.05, 4.69) is 29.6 Å². The molecular formula is C26H32N2O5. The zero-order valence-electron chi connectivity index (χ0n) is 19.8. The first kappa shape index (κ1) is 24.3. The number of ether oxygens (including phenoxy) is 1. The van der Waals surface area contributed by atoms with Gasteiger partial charge in [-0.15, -0.1) is 0 Å². The molecule has 2 amide bonds. The molecule has 0 heterocycles. The zero-order chi connectivity index (χ0) is 24.3. The molecule has 0 saturated heterocycles. The van der Waals surface area contributed by atoms with Gasteiger partial charge in [0.25, 0.3) is 0 Å². The number of hydrogen-bond acceptors (Lipinski definition) is 4. The van der Waals surface area contributed by atoms with E-state index >= 15 is 0 Å².